The lowest BCUT2D eigenvalue weighted by Crippen LogP contribution is -2.19. The Kier molecular flexibility index (Phi) is 5.20. The van der Waals surface area contributed by atoms with Gasteiger partial charge in [-0.05, 0) is 31.2 Å². The Hall–Kier alpha value is -4.34. The number of amides is 1. The fourth-order valence-electron chi connectivity index (χ4n) is 3.91. The molecule has 0 bridgehead atoms. The largest absolute Gasteiger partial charge is 0.355 e. The number of carbonyl (C=O) groups excluding carboxylic acids is 1. The normalized spacial score (nSPS) is 12.3. The highest BCUT2D eigenvalue weighted by Gasteiger charge is 2.23. The Morgan fingerprint density at radius 1 is 1.06 bits per heavy atom. The highest BCUT2D eigenvalue weighted by Crippen LogP contribution is 2.31. The lowest BCUT2D eigenvalue weighted by molar-refractivity contribution is 0.0959. The van der Waals surface area contributed by atoms with Gasteiger partial charge in [-0.2, -0.15) is 0 Å². The smallest absolute Gasteiger partial charge is 0.253 e. The molecular formula is C24H17F3N6O. The standard InChI is InChI=1S/C24H17F3N6O/c1-12(20-17(26)9-18-15(21(20)27)4-3-7-29-18)33-11-31-22-23(33)32-19(10-30-22)13-5-6-14(16(25)8-13)24(34)28-2/h3-12H,1-2H3,(H,28,34). The minimum Gasteiger partial charge on any atom is -0.355 e. The number of halogens is 3. The van der Waals surface area contributed by atoms with Crippen LogP contribution in [0.25, 0.3) is 33.5 Å². The van der Waals surface area contributed by atoms with E-state index in [-0.39, 0.29) is 33.3 Å². The summed E-state index contributed by atoms with van der Waals surface area (Å²) >= 11 is 0. The van der Waals surface area contributed by atoms with E-state index in [0.29, 0.717) is 11.3 Å². The van der Waals surface area contributed by atoms with Gasteiger partial charge < -0.3 is 9.88 Å². The van der Waals surface area contributed by atoms with Crippen molar-refractivity contribution in [2.24, 2.45) is 0 Å². The lowest BCUT2D eigenvalue weighted by Gasteiger charge is -2.17. The molecule has 0 aliphatic carbocycles. The fraction of sp³-hybridized carbons (Fsp3) is 0.125. The van der Waals surface area contributed by atoms with Crippen molar-refractivity contribution < 1.29 is 18.0 Å². The van der Waals surface area contributed by atoms with E-state index < -0.39 is 29.4 Å². The van der Waals surface area contributed by atoms with Crippen LogP contribution >= 0.6 is 0 Å². The maximum atomic E-state index is 15.3. The number of pyridine rings is 1. The summed E-state index contributed by atoms with van der Waals surface area (Å²) in [6.45, 7) is 1.62. The molecule has 0 saturated carbocycles. The predicted octanol–water partition coefficient (Wildman–Crippen LogP) is 4.43. The number of benzene rings is 2. The zero-order valence-corrected chi connectivity index (χ0v) is 18.1. The van der Waals surface area contributed by atoms with Gasteiger partial charge in [0.1, 0.15) is 17.5 Å². The molecule has 1 unspecified atom stereocenters. The van der Waals surface area contributed by atoms with Gasteiger partial charge >= 0.3 is 0 Å². The molecule has 0 radical (unpaired) electrons. The van der Waals surface area contributed by atoms with Crippen molar-refractivity contribution in [2.75, 3.05) is 7.05 Å². The van der Waals surface area contributed by atoms with Gasteiger partial charge in [-0.15, -0.1) is 0 Å². The van der Waals surface area contributed by atoms with Crippen molar-refractivity contribution in [3.63, 3.8) is 0 Å². The molecule has 5 rings (SSSR count). The van der Waals surface area contributed by atoms with Crippen molar-refractivity contribution in [3.05, 3.63) is 83.7 Å². The van der Waals surface area contributed by atoms with Gasteiger partial charge in [-0.25, -0.2) is 28.1 Å². The van der Waals surface area contributed by atoms with Gasteiger partial charge in [-0.1, -0.05) is 6.07 Å². The van der Waals surface area contributed by atoms with Crippen LogP contribution in [0.2, 0.25) is 0 Å². The molecule has 5 aromatic rings. The molecular weight excluding hydrogens is 445 g/mol. The summed E-state index contributed by atoms with van der Waals surface area (Å²) in [7, 11) is 1.41. The molecule has 1 amide bonds. The molecule has 2 aromatic carbocycles. The molecule has 0 fully saturated rings. The first kappa shape index (κ1) is 21.5. The average Bonchev–Trinajstić information content (AvgIpc) is 3.26. The second-order valence-electron chi connectivity index (χ2n) is 7.66. The van der Waals surface area contributed by atoms with E-state index in [9.17, 15) is 13.6 Å². The van der Waals surface area contributed by atoms with Gasteiger partial charge in [0.15, 0.2) is 11.3 Å². The number of carbonyl (C=O) groups is 1. The molecule has 1 N–H and O–H groups in total. The monoisotopic (exact) mass is 462 g/mol. The van der Waals surface area contributed by atoms with Crippen molar-refractivity contribution in [1.29, 1.82) is 0 Å². The third kappa shape index (κ3) is 3.43. The first-order valence-corrected chi connectivity index (χ1v) is 10.3. The maximum absolute atomic E-state index is 15.3. The van der Waals surface area contributed by atoms with Crippen LogP contribution < -0.4 is 5.32 Å². The summed E-state index contributed by atoms with van der Waals surface area (Å²) in [4.78, 5) is 28.7. The number of nitrogens with one attached hydrogen (secondary N) is 1. The van der Waals surface area contributed by atoms with Crippen LogP contribution in [0.15, 0.2) is 55.1 Å². The zero-order chi connectivity index (χ0) is 24.0. The molecule has 34 heavy (non-hydrogen) atoms. The van der Waals surface area contributed by atoms with E-state index in [1.165, 1.54) is 54.6 Å². The Morgan fingerprint density at radius 3 is 2.65 bits per heavy atom. The van der Waals surface area contributed by atoms with Gasteiger partial charge in [0, 0.05) is 35.8 Å². The summed E-state index contributed by atoms with van der Waals surface area (Å²) < 4.78 is 46.2. The van der Waals surface area contributed by atoms with E-state index in [0.717, 1.165) is 0 Å². The van der Waals surface area contributed by atoms with Gasteiger partial charge in [0.05, 0.1) is 35.3 Å². The van der Waals surface area contributed by atoms with Crippen LogP contribution in [-0.2, 0) is 0 Å². The number of nitrogens with zero attached hydrogens (tertiary/aromatic N) is 5. The molecule has 3 aromatic heterocycles. The molecule has 1 atom stereocenters. The molecule has 0 aliphatic rings. The van der Waals surface area contributed by atoms with Crippen LogP contribution in [0.5, 0.6) is 0 Å². The quantitative estimate of drug-likeness (QED) is 0.427. The van der Waals surface area contributed by atoms with Crippen molar-refractivity contribution in [3.8, 4) is 11.3 Å². The summed E-state index contributed by atoms with van der Waals surface area (Å²) in [6.07, 6.45) is 4.29. The molecule has 0 spiro atoms. The van der Waals surface area contributed by atoms with Gasteiger partial charge in [0.2, 0.25) is 0 Å². The highest BCUT2D eigenvalue weighted by molar-refractivity contribution is 5.94. The number of fused-ring (bicyclic) bond motifs is 2. The van der Waals surface area contributed by atoms with Crippen LogP contribution in [0, 0.1) is 17.5 Å². The van der Waals surface area contributed by atoms with Crippen LogP contribution in [-0.4, -0.2) is 37.5 Å². The molecule has 0 aliphatic heterocycles. The molecule has 7 nitrogen and oxygen atoms in total. The SMILES string of the molecule is CNC(=O)c1ccc(-c2cnc3ncn(C(C)c4c(F)cc5ncccc5c4F)c3n2)cc1F. The number of rotatable bonds is 4. The minimum absolute atomic E-state index is 0.101. The molecule has 3 heterocycles. The Labute approximate surface area is 191 Å². The Bertz CT molecular complexity index is 1580. The number of aromatic nitrogens is 5. The number of hydrogen-bond acceptors (Lipinski definition) is 5. The predicted molar refractivity (Wildman–Crippen MR) is 120 cm³/mol. The fourth-order valence-corrected chi connectivity index (χ4v) is 3.91. The van der Waals surface area contributed by atoms with E-state index in [4.69, 9.17) is 0 Å². The van der Waals surface area contributed by atoms with E-state index in [2.05, 4.69) is 25.3 Å². The first-order valence-electron chi connectivity index (χ1n) is 10.3. The van der Waals surface area contributed by atoms with Gasteiger partial charge in [-0.3, -0.25) is 9.78 Å². The van der Waals surface area contributed by atoms with Gasteiger partial charge in [0.25, 0.3) is 5.91 Å². The van der Waals surface area contributed by atoms with E-state index >= 15 is 4.39 Å². The second-order valence-corrected chi connectivity index (χ2v) is 7.66. The van der Waals surface area contributed by atoms with Crippen LogP contribution in [0.3, 0.4) is 0 Å². The van der Waals surface area contributed by atoms with E-state index in [1.54, 1.807) is 19.1 Å². The topological polar surface area (TPSA) is 85.6 Å². The highest BCUT2D eigenvalue weighted by atomic mass is 19.1. The molecule has 0 saturated heterocycles. The summed E-state index contributed by atoms with van der Waals surface area (Å²) in [6, 6.07) is 7.57. The van der Waals surface area contributed by atoms with Crippen molar-refractivity contribution in [1.82, 2.24) is 29.8 Å². The third-order valence-electron chi connectivity index (χ3n) is 5.69. The van der Waals surface area contributed by atoms with Crippen LogP contribution in [0.4, 0.5) is 13.2 Å². The molecule has 170 valence electrons. The molecule has 10 heteroatoms. The van der Waals surface area contributed by atoms with Crippen LogP contribution in [0.1, 0.15) is 28.9 Å². The Morgan fingerprint density at radius 2 is 1.88 bits per heavy atom. The number of hydrogen-bond donors (Lipinski definition) is 1. The third-order valence-corrected chi connectivity index (χ3v) is 5.69. The first-order chi connectivity index (χ1) is 16.4. The summed E-state index contributed by atoms with van der Waals surface area (Å²) in [5, 5.41) is 2.58. The average molecular weight is 462 g/mol. The second kappa shape index (κ2) is 8.22. The summed E-state index contributed by atoms with van der Waals surface area (Å²) in [5.41, 5.74) is 1.19. The zero-order valence-electron chi connectivity index (χ0n) is 18.1. The number of imidazole rings is 1. The maximum Gasteiger partial charge on any atom is 0.253 e. The summed E-state index contributed by atoms with van der Waals surface area (Å²) in [5.74, 6) is -2.72. The Balaban J connectivity index is 1.60. The van der Waals surface area contributed by atoms with Crippen molar-refractivity contribution >= 4 is 28.1 Å². The lowest BCUT2D eigenvalue weighted by atomic mass is 10.0. The van der Waals surface area contributed by atoms with Crippen molar-refractivity contribution in [2.45, 2.75) is 13.0 Å². The van der Waals surface area contributed by atoms with E-state index in [1.807, 2.05) is 0 Å². The minimum atomic E-state index is -0.813.